The number of nitrogens with zero attached hydrogens (tertiary/aromatic N) is 1. The van der Waals surface area contributed by atoms with Gasteiger partial charge in [-0.1, -0.05) is 34.9 Å². The number of urea groups is 1. The third-order valence-electron chi connectivity index (χ3n) is 5.56. The fourth-order valence-electron chi connectivity index (χ4n) is 3.56. The molecule has 0 aromatic carbocycles. The number of nitrogens with one attached hydrogen (secondary N) is 1. The Balaban J connectivity index is 2.43. The van der Waals surface area contributed by atoms with Crippen LogP contribution in [0, 0.1) is 0 Å². The Morgan fingerprint density at radius 2 is 1.64 bits per heavy atom. The predicted molar refractivity (Wildman–Crippen MR) is 134 cm³/mol. The van der Waals surface area contributed by atoms with E-state index in [0.717, 1.165) is 25.7 Å². The number of Topliss-reactive ketones (excluding diaryl/α,β-unsaturated/α-hetero) is 1. The predicted octanol–water partition coefficient (Wildman–Crippen LogP) is 4.33. The molecule has 3 unspecified atom stereocenters. The van der Waals surface area contributed by atoms with Gasteiger partial charge >= 0.3 is 12.0 Å². The molecule has 0 aromatic rings. The van der Waals surface area contributed by atoms with Gasteiger partial charge in [0.1, 0.15) is 6.04 Å². The van der Waals surface area contributed by atoms with Crippen LogP contribution in [0.1, 0.15) is 66.7 Å². The van der Waals surface area contributed by atoms with Crippen molar-refractivity contribution in [2.45, 2.75) is 84.9 Å². The Morgan fingerprint density at radius 3 is 2.21 bits per heavy atom. The lowest BCUT2D eigenvalue weighted by Gasteiger charge is -2.24. The molecule has 1 aliphatic rings. The molecule has 3 atom stereocenters. The smallest absolute Gasteiger partial charge is 0.327 e. The van der Waals surface area contributed by atoms with Crippen molar-refractivity contribution >= 4 is 29.5 Å². The Bertz CT molecular complexity index is 771. The molecule has 7 nitrogen and oxygen atoms in total. The van der Waals surface area contributed by atoms with Crippen LogP contribution in [0.3, 0.4) is 0 Å². The quantitative estimate of drug-likeness (QED) is 0.268. The number of carbonyl (C=O) groups excluding carboxylic acids is 2. The molecule has 3 N–H and O–H groups in total. The van der Waals surface area contributed by atoms with Crippen molar-refractivity contribution in [1.82, 2.24) is 10.2 Å². The summed E-state index contributed by atoms with van der Waals surface area (Å²) < 4.78 is 0. The number of aliphatic hydroxyl groups is 1. The molecule has 1 fully saturated rings. The Hall–Kier alpha value is -2.06. The summed E-state index contributed by atoms with van der Waals surface area (Å²) in [6, 6.07) is -2.40. The SMILES string of the molecule is CC(=O)C1CC(O)CN1C(=O)NC(CSC/C=C(\C)CC/C=C(\C)CCC=C(C)C)C(=O)O. The number of carbonyl (C=O) groups is 3. The third kappa shape index (κ3) is 11.6. The van der Waals surface area contributed by atoms with Crippen LogP contribution in [0.4, 0.5) is 4.79 Å². The Morgan fingerprint density at radius 1 is 1.03 bits per heavy atom. The number of thioether (sulfide) groups is 1. The number of allylic oxidation sites excluding steroid dienone is 5. The summed E-state index contributed by atoms with van der Waals surface area (Å²) in [4.78, 5) is 37.0. The van der Waals surface area contributed by atoms with Crippen LogP contribution in [-0.2, 0) is 9.59 Å². The standard InChI is InChI=1S/C25H40N2O5S/c1-17(2)8-6-9-18(3)10-7-11-19(4)12-13-33-16-22(24(30)31)26-25(32)27-15-21(29)14-23(27)20(5)28/h8,10,12,21-23,29H,6-7,9,11,13-16H2,1-5H3,(H,26,32)(H,30,31)/b18-10+,19-12+. The molecule has 1 aliphatic heterocycles. The molecule has 186 valence electrons. The van der Waals surface area contributed by atoms with Crippen molar-refractivity contribution in [2.24, 2.45) is 0 Å². The molecule has 0 radical (unpaired) electrons. The number of rotatable bonds is 13. The zero-order chi connectivity index (χ0) is 25.0. The van der Waals surface area contributed by atoms with Crippen molar-refractivity contribution in [3.05, 3.63) is 34.9 Å². The number of aliphatic carboxylic acids is 1. The minimum atomic E-state index is -1.12. The fourth-order valence-corrected chi connectivity index (χ4v) is 4.56. The van der Waals surface area contributed by atoms with Crippen LogP contribution in [0.15, 0.2) is 34.9 Å². The van der Waals surface area contributed by atoms with E-state index in [1.807, 2.05) is 0 Å². The van der Waals surface area contributed by atoms with Crippen LogP contribution < -0.4 is 5.32 Å². The molecule has 0 saturated carbocycles. The van der Waals surface area contributed by atoms with E-state index >= 15 is 0 Å². The van der Waals surface area contributed by atoms with E-state index in [9.17, 15) is 24.6 Å². The Kier molecular flexibility index (Phi) is 13.1. The summed E-state index contributed by atoms with van der Waals surface area (Å²) in [5.41, 5.74) is 3.99. The molecular formula is C25H40N2O5S. The van der Waals surface area contributed by atoms with E-state index < -0.39 is 30.2 Å². The fraction of sp³-hybridized carbons (Fsp3) is 0.640. The van der Waals surface area contributed by atoms with Gasteiger partial charge in [0, 0.05) is 24.5 Å². The Labute approximate surface area is 202 Å². The number of hydrogen-bond donors (Lipinski definition) is 3. The van der Waals surface area contributed by atoms with Crippen LogP contribution in [0.2, 0.25) is 0 Å². The first-order chi connectivity index (χ1) is 15.5. The van der Waals surface area contributed by atoms with Gasteiger partial charge in [0.25, 0.3) is 0 Å². The summed E-state index contributed by atoms with van der Waals surface area (Å²) in [6.45, 7) is 9.85. The van der Waals surface area contributed by atoms with Gasteiger partial charge in [0.05, 0.1) is 12.1 Å². The van der Waals surface area contributed by atoms with E-state index in [1.54, 1.807) is 0 Å². The second kappa shape index (κ2) is 15.0. The molecule has 1 rings (SSSR count). The molecule has 33 heavy (non-hydrogen) atoms. The molecule has 8 heteroatoms. The number of carboxylic acids is 1. The van der Waals surface area contributed by atoms with E-state index in [4.69, 9.17) is 0 Å². The monoisotopic (exact) mass is 480 g/mol. The summed E-state index contributed by atoms with van der Waals surface area (Å²) in [5.74, 6) is -0.464. The first-order valence-electron chi connectivity index (χ1n) is 11.5. The highest BCUT2D eigenvalue weighted by atomic mass is 32.2. The highest BCUT2D eigenvalue weighted by Crippen LogP contribution is 2.19. The number of likely N-dealkylation sites (tertiary alicyclic amines) is 1. The lowest BCUT2D eigenvalue weighted by atomic mass is 10.1. The molecule has 0 aromatic heterocycles. The molecular weight excluding hydrogens is 440 g/mol. The average Bonchev–Trinajstić information content (AvgIpc) is 3.12. The van der Waals surface area contributed by atoms with Crippen LogP contribution in [0.25, 0.3) is 0 Å². The summed E-state index contributed by atoms with van der Waals surface area (Å²) in [6.07, 6.45) is 10.1. The van der Waals surface area contributed by atoms with Gasteiger partial charge in [-0.25, -0.2) is 9.59 Å². The van der Waals surface area contributed by atoms with Crippen LogP contribution in [-0.4, -0.2) is 69.1 Å². The van der Waals surface area contributed by atoms with Crippen LogP contribution in [0.5, 0.6) is 0 Å². The first-order valence-corrected chi connectivity index (χ1v) is 12.7. The average molecular weight is 481 g/mol. The number of β-amino-alcohol motifs (C(OH)–C–C–N with tert-alkyl or cyclic N) is 1. The molecule has 0 bridgehead atoms. The van der Waals surface area contributed by atoms with Gasteiger partial charge in [-0.3, -0.25) is 4.79 Å². The molecule has 2 amide bonds. The van der Waals surface area contributed by atoms with Gasteiger partial charge in [-0.15, -0.1) is 0 Å². The summed E-state index contributed by atoms with van der Waals surface area (Å²) in [7, 11) is 0. The maximum Gasteiger partial charge on any atom is 0.327 e. The summed E-state index contributed by atoms with van der Waals surface area (Å²) >= 11 is 1.44. The highest BCUT2D eigenvalue weighted by molar-refractivity contribution is 7.99. The number of aliphatic hydroxyl groups excluding tert-OH is 1. The molecule has 1 saturated heterocycles. The van der Waals surface area contributed by atoms with Crippen molar-refractivity contribution < 1.29 is 24.6 Å². The lowest BCUT2D eigenvalue weighted by Crippen LogP contribution is -2.51. The zero-order valence-electron chi connectivity index (χ0n) is 20.6. The largest absolute Gasteiger partial charge is 0.480 e. The van der Waals surface area contributed by atoms with E-state index in [0.29, 0.717) is 5.75 Å². The maximum absolute atomic E-state index is 12.5. The van der Waals surface area contributed by atoms with Gasteiger partial charge < -0.3 is 20.4 Å². The van der Waals surface area contributed by atoms with Gasteiger partial charge in [0.2, 0.25) is 0 Å². The number of carboxylic acid groups (broad SMARTS) is 1. The van der Waals surface area contributed by atoms with Crippen molar-refractivity contribution in [2.75, 3.05) is 18.1 Å². The zero-order valence-corrected chi connectivity index (χ0v) is 21.4. The third-order valence-corrected chi connectivity index (χ3v) is 6.53. The topological polar surface area (TPSA) is 107 Å². The normalized spacial score (nSPS) is 19.9. The maximum atomic E-state index is 12.5. The number of ketones is 1. The van der Waals surface area contributed by atoms with Crippen molar-refractivity contribution in [3.63, 3.8) is 0 Å². The lowest BCUT2D eigenvalue weighted by molar-refractivity contribution is -0.138. The van der Waals surface area contributed by atoms with Gasteiger partial charge in [0.15, 0.2) is 5.78 Å². The van der Waals surface area contributed by atoms with Gasteiger partial charge in [-0.2, -0.15) is 11.8 Å². The number of hydrogen-bond acceptors (Lipinski definition) is 5. The van der Waals surface area contributed by atoms with E-state index in [-0.39, 0.29) is 24.5 Å². The summed E-state index contributed by atoms with van der Waals surface area (Å²) in [5, 5.41) is 21.7. The van der Waals surface area contributed by atoms with Crippen molar-refractivity contribution in [1.29, 1.82) is 0 Å². The number of amides is 2. The van der Waals surface area contributed by atoms with Crippen LogP contribution >= 0.6 is 11.8 Å². The van der Waals surface area contributed by atoms with E-state index in [1.165, 1.54) is 40.3 Å². The minimum Gasteiger partial charge on any atom is -0.480 e. The first kappa shape index (κ1) is 29.0. The molecule has 0 aliphatic carbocycles. The minimum absolute atomic E-state index is 0.0281. The van der Waals surface area contributed by atoms with Crippen molar-refractivity contribution in [3.8, 4) is 0 Å². The highest BCUT2D eigenvalue weighted by Gasteiger charge is 2.38. The second-order valence-electron chi connectivity index (χ2n) is 9.01. The molecule has 0 spiro atoms. The van der Waals surface area contributed by atoms with Gasteiger partial charge in [-0.05, 0) is 60.3 Å². The second-order valence-corrected chi connectivity index (χ2v) is 10.1. The molecule has 1 heterocycles. The van der Waals surface area contributed by atoms with E-state index in [2.05, 4.69) is 51.2 Å².